The predicted octanol–water partition coefficient (Wildman–Crippen LogP) is 25.5. The molecule has 526 valence electrons. The van der Waals surface area contributed by atoms with Crippen LogP contribution < -0.4 is 0 Å². The Labute approximate surface area is 599 Å². The monoisotopic (exact) mass is 1330 g/mol. The number of nitrogens with zero attached hydrogens (tertiary/aromatic N) is 2. The molecule has 2 aliphatic rings. The second-order valence-corrected chi connectivity index (χ2v) is 34.4. The zero-order valence-electron chi connectivity index (χ0n) is 64.3. The van der Waals surface area contributed by atoms with E-state index >= 15 is 0 Å². The van der Waals surface area contributed by atoms with Gasteiger partial charge in [-0.05, 0) is 163 Å². The third kappa shape index (κ3) is 12.7. The van der Waals surface area contributed by atoms with E-state index in [-0.39, 0.29) is 67.4 Å². The molecule has 0 amide bonds. The normalized spacial score (nSPS) is 17.8. The Morgan fingerprint density at radius 3 is 1.14 bits per heavy atom. The van der Waals surface area contributed by atoms with Crippen molar-refractivity contribution in [1.29, 1.82) is 0 Å². The smallest absolute Gasteiger partial charge is 0.108 e. The molecule has 0 saturated heterocycles. The van der Waals surface area contributed by atoms with Gasteiger partial charge in [0.1, 0.15) is 11.0 Å². The molecule has 2 N–H and O–H groups in total. The van der Waals surface area contributed by atoms with Crippen molar-refractivity contribution in [1.82, 2.24) is 8.75 Å². The summed E-state index contributed by atoms with van der Waals surface area (Å²) in [6.07, 6.45) is 23.1. The van der Waals surface area contributed by atoms with Crippen molar-refractivity contribution in [2.24, 2.45) is 0 Å². The van der Waals surface area contributed by atoms with Gasteiger partial charge in [0.2, 0.25) is 0 Å². The van der Waals surface area contributed by atoms with Crippen LogP contribution in [-0.2, 0) is 54.1 Å². The van der Waals surface area contributed by atoms with Crippen LogP contribution >= 0.6 is 11.7 Å². The molecule has 2 aliphatic carbocycles. The molecule has 0 radical (unpaired) electrons. The maximum Gasteiger partial charge on any atom is 0.108 e. The van der Waals surface area contributed by atoms with Gasteiger partial charge in [-0.2, -0.15) is 8.75 Å². The van der Waals surface area contributed by atoms with Gasteiger partial charge in [0, 0.05) is 51.1 Å². The molecule has 5 unspecified atom stereocenters. The molecular formula is C93H126N2O2S. The van der Waals surface area contributed by atoms with E-state index in [1.165, 1.54) is 139 Å². The van der Waals surface area contributed by atoms with E-state index in [0.717, 1.165) is 107 Å². The second kappa shape index (κ2) is 29.7. The lowest BCUT2D eigenvalue weighted by atomic mass is 9.55. The van der Waals surface area contributed by atoms with Crippen molar-refractivity contribution in [3.8, 4) is 22.3 Å². The minimum Gasteiger partial charge on any atom is -0.396 e. The largest absolute Gasteiger partial charge is 0.396 e. The molecule has 7 aromatic carbocycles. The van der Waals surface area contributed by atoms with Gasteiger partial charge < -0.3 is 10.2 Å². The predicted molar refractivity (Wildman–Crippen MR) is 422 cm³/mol. The number of unbranched alkanes of at least 4 members (excludes halogenated alkanes) is 11. The van der Waals surface area contributed by atoms with E-state index < -0.39 is 0 Å². The first-order valence-corrected chi connectivity index (χ1v) is 39.6. The summed E-state index contributed by atoms with van der Waals surface area (Å²) in [6.45, 7) is 45.0. The second-order valence-electron chi connectivity index (χ2n) is 33.8. The molecule has 98 heavy (non-hydrogen) atoms. The molecule has 1 aromatic heterocycles. The van der Waals surface area contributed by atoms with E-state index in [2.05, 4.69) is 270 Å². The highest BCUT2D eigenvalue weighted by Crippen LogP contribution is 2.61. The summed E-state index contributed by atoms with van der Waals surface area (Å²) in [5.41, 5.74) is 22.8. The van der Waals surface area contributed by atoms with Gasteiger partial charge in [-0.25, -0.2) is 0 Å². The molecule has 0 bridgehead atoms. The third-order valence-corrected chi connectivity index (χ3v) is 29.1. The van der Waals surface area contributed by atoms with Gasteiger partial charge in [0.25, 0.3) is 0 Å². The van der Waals surface area contributed by atoms with E-state index in [4.69, 9.17) is 8.75 Å². The van der Waals surface area contributed by atoms with Crippen LogP contribution in [0, 0.1) is 0 Å². The average molecular weight is 1340 g/mol. The Morgan fingerprint density at radius 2 is 0.684 bits per heavy atom. The number of aliphatic hydroxyl groups is 2. The minimum atomic E-state index is -0.260. The van der Waals surface area contributed by atoms with Crippen molar-refractivity contribution >= 4 is 22.8 Å². The van der Waals surface area contributed by atoms with Crippen LogP contribution in [0.1, 0.15) is 326 Å². The number of hydrogen-bond donors (Lipinski definition) is 2. The van der Waals surface area contributed by atoms with E-state index in [0.29, 0.717) is 0 Å². The van der Waals surface area contributed by atoms with Crippen LogP contribution in [0.15, 0.2) is 146 Å². The first-order valence-electron chi connectivity index (χ1n) is 38.9. The molecule has 0 saturated carbocycles. The maximum absolute atomic E-state index is 9.98. The molecule has 10 rings (SSSR count). The van der Waals surface area contributed by atoms with Crippen LogP contribution in [0.25, 0.3) is 33.3 Å². The van der Waals surface area contributed by atoms with Crippen molar-refractivity contribution in [3.05, 3.63) is 212 Å². The highest BCUT2D eigenvalue weighted by Gasteiger charge is 2.52. The summed E-state index contributed by atoms with van der Waals surface area (Å²) in [4.78, 5) is 0. The topological polar surface area (TPSA) is 66.2 Å². The highest BCUT2D eigenvalue weighted by atomic mass is 32.1. The fourth-order valence-electron chi connectivity index (χ4n) is 19.2. The Balaban J connectivity index is 1.06. The number of aromatic nitrogens is 2. The van der Waals surface area contributed by atoms with Gasteiger partial charge in [-0.15, -0.1) is 0 Å². The molecule has 0 spiro atoms. The molecule has 5 heteroatoms. The van der Waals surface area contributed by atoms with Gasteiger partial charge in [-0.1, -0.05) is 347 Å². The first-order chi connectivity index (χ1) is 46.7. The molecule has 0 aliphatic heterocycles. The van der Waals surface area contributed by atoms with Crippen molar-refractivity contribution < 1.29 is 10.2 Å². The highest BCUT2D eigenvalue weighted by molar-refractivity contribution is 7.00. The molecular weight excluding hydrogens is 1210 g/mol. The summed E-state index contributed by atoms with van der Waals surface area (Å²) < 4.78 is 10.4. The third-order valence-electron chi connectivity index (χ3n) is 28.6. The number of aliphatic hydroxyl groups excluding tert-OH is 2. The zero-order chi connectivity index (χ0) is 70.7. The number of hydrogen-bond acceptors (Lipinski definition) is 5. The zero-order valence-corrected chi connectivity index (χ0v) is 65.1. The Morgan fingerprint density at radius 1 is 0.327 bits per heavy atom. The van der Waals surface area contributed by atoms with E-state index in [1.54, 1.807) is 0 Å². The van der Waals surface area contributed by atoms with Gasteiger partial charge in [-0.3, -0.25) is 0 Å². The maximum atomic E-state index is 9.98. The standard InChI is InChI=1S/C93H126N2O2S/c1-19-24-25-26-27-38-57-88(14)78-63-69(48-52-72(78)73-53-50-71(64-79(73)88)91(17,22-4)92(18,23-5)77-56-55-76(82-83(77)95-98-94-82)87(12,13)84(6,7)66-43-34-32-35-44-66)90(16,21-3)86(10,11)68-47-51-74-75-54-49-70(89(15,20-2)85(8,9)67-45-36-33-37-46-67)65-81(75)93(80(74)62-68,58-39-28-30-41-60-96)59-40-29-31-42-61-97/h32-37,43-56,62-65,96-97H,19-31,38-42,57-61H2,1-18H3. The Hall–Kier alpha value is -5.72. The number of benzene rings is 7. The fraction of sp³-hybridized carbons (Fsp3) is 0.548. The van der Waals surface area contributed by atoms with Crippen LogP contribution in [0.5, 0.6) is 0 Å². The molecule has 0 fully saturated rings. The van der Waals surface area contributed by atoms with Crippen LogP contribution in [0.2, 0.25) is 0 Å². The molecule has 1 heterocycles. The van der Waals surface area contributed by atoms with Crippen LogP contribution in [0.3, 0.4) is 0 Å². The fourth-order valence-corrected chi connectivity index (χ4v) is 19.7. The van der Waals surface area contributed by atoms with Crippen molar-refractivity contribution in [3.63, 3.8) is 0 Å². The lowest BCUT2D eigenvalue weighted by Gasteiger charge is -2.48. The quantitative estimate of drug-likeness (QED) is 0.0389. The van der Waals surface area contributed by atoms with E-state index in [1.807, 2.05) is 0 Å². The van der Waals surface area contributed by atoms with Gasteiger partial charge in [0.05, 0.1) is 11.7 Å². The Kier molecular flexibility index (Phi) is 22.7. The lowest BCUT2D eigenvalue weighted by Crippen LogP contribution is -2.45. The average Bonchev–Trinajstić information content (AvgIpc) is 1.41. The van der Waals surface area contributed by atoms with Gasteiger partial charge >= 0.3 is 0 Å². The summed E-state index contributed by atoms with van der Waals surface area (Å²) in [5.74, 6) is 0. The number of fused-ring (bicyclic) bond motifs is 7. The first kappa shape index (κ1) is 75.0. The van der Waals surface area contributed by atoms with E-state index in [9.17, 15) is 10.2 Å². The summed E-state index contributed by atoms with van der Waals surface area (Å²) in [7, 11) is 0. The molecule has 4 nitrogen and oxygen atoms in total. The van der Waals surface area contributed by atoms with Crippen LogP contribution in [0.4, 0.5) is 0 Å². The summed E-state index contributed by atoms with van der Waals surface area (Å²) in [5, 5.41) is 20.0. The minimum absolute atomic E-state index is 0.120. The van der Waals surface area contributed by atoms with Crippen molar-refractivity contribution in [2.45, 2.75) is 314 Å². The summed E-state index contributed by atoms with van der Waals surface area (Å²) >= 11 is 1.37. The lowest BCUT2D eigenvalue weighted by molar-refractivity contribution is 0.236. The Bertz CT molecular complexity index is 3990. The summed E-state index contributed by atoms with van der Waals surface area (Å²) in [6, 6.07) is 58.1. The van der Waals surface area contributed by atoms with Gasteiger partial charge in [0.15, 0.2) is 0 Å². The van der Waals surface area contributed by atoms with Crippen LogP contribution in [-0.4, -0.2) is 32.2 Å². The SMILES string of the molecule is CCCCCCCCC1(C)c2cc(C(C)(CC)C(C)(C)c3ccc4c(c3)C(CCCCCCO)(CCCCCCO)c3cc(C(C)(CC)C(C)(C)c5ccccc5)ccc3-4)ccc2-c2ccc(C(C)(CC)C(C)(CC)c3ccc(C(C)(C)C(C)(C)c4ccccc4)c4nsnc34)cc21. The molecule has 5 atom stereocenters. The molecule has 8 aromatic rings. The number of rotatable bonds is 35. The van der Waals surface area contributed by atoms with Crippen molar-refractivity contribution in [2.75, 3.05) is 13.2 Å².